The van der Waals surface area contributed by atoms with E-state index in [1.165, 1.54) is 30.2 Å². The molecule has 2 aromatic heterocycles. The Labute approximate surface area is 191 Å². The zero-order valence-electron chi connectivity index (χ0n) is 19.1. The Hall–Kier alpha value is -3.81. The van der Waals surface area contributed by atoms with Gasteiger partial charge in [-0.3, -0.25) is 14.6 Å². The van der Waals surface area contributed by atoms with Gasteiger partial charge in [0.05, 0.1) is 13.7 Å². The van der Waals surface area contributed by atoms with Crippen molar-refractivity contribution in [2.45, 2.75) is 33.9 Å². The number of hydrogen-bond donors (Lipinski definition) is 0. The van der Waals surface area contributed by atoms with Crippen LogP contribution in [0.3, 0.4) is 0 Å². The zero-order valence-corrected chi connectivity index (χ0v) is 19.1. The Morgan fingerprint density at radius 2 is 1.82 bits per heavy atom. The third kappa shape index (κ3) is 5.00. The summed E-state index contributed by atoms with van der Waals surface area (Å²) < 4.78 is 20.4. The number of benzene rings is 1. The number of halogens is 1. The third-order valence-electron chi connectivity index (χ3n) is 5.56. The largest absolute Gasteiger partial charge is 0.464 e. The molecule has 0 radical (unpaired) electrons. The van der Waals surface area contributed by atoms with E-state index in [4.69, 9.17) is 4.74 Å². The molecule has 1 amide bonds. The predicted octanol–water partition coefficient (Wildman–Crippen LogP) is 3.97. The number of nitrogens with zero attached hydrogens (tertiary/aromatic N) is 3. The van der Waals surface area contributed by atoms with Crippen molar-refractivity contribution in [3.63, 3.8) is 0 Å². The molecule has 2 heterocycles. The van der Waals surface area contributed by atoms with E-state index in [2.05, 4.69) is 4.98 Å². The fraction of sp³-hybridized carbons (Fsp3) is 0.280. The molecule has 7 nitrogen and oxygen atoms in total. The standard InChI is InChI=1S/C25H26FN3O4/c1-5-29-17(3)22(16(2)23(29)25(32)33-4)21(30)15-28(14-18-9-11-27-12-10-18)24(31)19-7-6-8-20(26)13-19/h6-13H,5,14-15H2,1-4H3. The first-order valence-corrected chi connectivity index (χ1v) is 10.5. The number of Topliss-reactive ketones (excluding diaryl/α,β-unsaturated/α-hetero) is 1. The van der Waals surface area contributed by atoms with Gasteiger partial charge in [-0.25, -0.2) is 9.18 Å². The molecular formula is C25H26FN3O4. The van der Waals surface area contributed by atoms with Crippen molar-refractivity contribution < 1.29 is 23.5 Å². The van der Waals surface area contributed by atoms with Gasteiger partial charge in [-0.2, -0.15) is 0 Å². The Balaban J connectivity index is 1.99. The number of hydrogen-bond acceptors (Lipinski definition) is 5. The van der Waals surface area contributed by atoms with Gasteiger partial charge in [-0.05, 0) is 62.2 Å². The van der Waals surface area contributed by atoms with Gasteiger partial charge in [-0.1, -0.05) is 6.07 Å². The SMILES string of the molecule is CCn1c(C)c(C(=O)CN(Cc2ccncc2)C(=O)c2cccc(F)c2)c(C)c1C(=O)OC. The first kappa shape index (κ1) is 23.8. The van der Waals surface area contributed by atoms with Crippen molar-refractivity contribution in [1.82, 2.24) is 14.5 Å². The minimum Gasteiger partial charge on any atom is -0.464 e. The summed E-state index contributed by atoms with van der Waals surface area (Å²) in [7, 11) is 1.29. The summed E-state index contributed by atoms with van der Waals surface area (Å²) in [5.74, 6) is -1.86. The van der Waals surface area contributed by atoms with Crippen molar-refractivity contribution in [3.05, 3.63) is 88.3 Å². The molecular weight excluding hydrogens is 425 g/mol. The number of ketones is 1. The molecule has 0 aliphatic heterocycles. The lowest BCUT2D eigenvalue weighted by molar-refractivity contribution is 0.0587. The van der Waals surface area contributed by atoms with Crippen molar-refractivity contribution in [2.24, 2.45) is 0 Å². The average molecular weight is 451 g/mol. The molecule has 0 N–H and O–H groups in total. The van der Waals surface area contributed by atoms with Gasteiger partial charge in [0, 0.05) is 42.3 Å². The summed E-state index contributed by atoms with van der Waals surface area (Å²) in [6.45, 7) is 5.70. The molecule has 1 aromatic carbocycles. The lowest BCUT2D eigenvalue weighted by Gasteiger charge is -2.22. The van der Waals surface area contributed by atoms with Crippen LogP contribution in [-0.4, -0.2) is 45.8 Å². The van der Waals surface area contributed by atoms with E-state index in [-0.39, 0.29) is 24.4 Å². The van der Waals surface area contributed by atoms with E-state index >= 15 is 0 Å². The van der Waals surface area contributed by atoms with Gasteiger partial charge >= 0.3 is 5.97 Å². The zero-order chi connectivity index (χ0) is 24.1. The summed E-state index contributed by atoms with van der Waals surface area (Å²) in [6.07, 6.45) is 3.20. The number of esters is 1. The van der Waals surface area contributed by atoms with E-state index in [0.29, 0.717) is 29.1 Å². The minimum atomic E-state index is -0.537. The van der Waals surface area contributed by atoms with Gasteiger partial charge in [-0.15, -0.1) is 0 Å². The predicted molar refractivity (Wildman–Crippen MR) is 121 cm³/mol. The summed E-state index contributed by atoms with van der Waals surface area (Å²) in [5, 5.41) is 0. The first-order valence-electron chi connectivity index (χ1n) is 10.5. The number of carbonyl (C=O) groups is 3. The normalized spacial score (nSPS) is 10.7. The van der Waals surface area contributed by atoms with Gasteiger partial charge in [0.25, 0.3) is 5.91 Å². The fourth-order valence-corrected chi connectivity index (χ4v) is 4.03. The third-order valence-corrected chi connectivity index (χ3v) is 5.56. The average Bonchev–Trinajstić information content (AvgIpc) is 3.07. The molecule has 0 aliphatic rings. The Morgan fingerprint density at radius 3 is 2.42 bits per heavy atom. The monoisotopic (exact) mass is 451 g/mol. The maximum atomic E-state index is 13.8. The van der Waals surface area contributed by atoms with E-state index in [0.717, 1.165) is 11.6 Å². The van der Waals surface area contributed by atoms with Crippen molar-refractivity contribution >= 4 is 17.7 Å². The van der Waals surface area contributed by atoms with Crippen LogP contribution in [0.1, 0.15) is 54.9 Å². The van der Waals surface area contributed by atoms with Crippen LogP contribution in [0.2, 0.25) is 0 Å². The summed E-state index contributed by atoms with van der Waals surface area (Å²) in [4.78, 5) is 44.3. The fourth-order valence-electron chi connectivity index (χ4n) is 4.03. The summed E-state index contributed by atoms with van der Waals surface area (Å²) in [6, 6.07) is 8.85. The van der Waals surface area contributed by atoms with E-state index < -0.39 is 17.7 Å². The highest BCUT2D eigenvalue weighted by molar-refractivity contribution is 6.06. The maximum Gasteiger partial charge on any atom is 0.354 e. The summed E-state index contributed by atoms with van der Waals surface area (Å²) >= 11 is 0. The molecule has 0 saturated carbocycles. The molecule has 0 spiro atoms. The molecule has 0 aliphatic carbocycles. The molecule has 0 bridgehead atoms. The van der Waals surface area contributed by atoms with Crippen molar-refractivity contribution in [2.75, 3.05) is 13.7 Å². The second-order valence-electron chi connectivity index (χ2n) is 7.62. The molecule has 3 aromatic rings. The van der Waals surface area contributed by atoms with E-state index in [1.807, 2.05) is 6.92 Å². The Bertz CT molecular complexity index is 1190. The highest BCUT2D eigenvalue weighted by Gasteiger charge is 2.28. The van der Waals surface area contributed by atoms with Gasteiger partial charge in [0.15, 0.2) is 5.78 Å². The van der Waals surface area contributed by atoms with Gasteiger partial charge in [0.2, 0.25) is 0 Å². The van der Waals surface area contributed by atoms with E-state index in [1.54, 1.807) is 42.9 Å². The second kappa shape index (κ2) is 10.2. The molecule has 33 heavy (non-hydrogen) atoms. The highest BCUT2D eigenvalue weighted by atomic mass is 19.1. The molecule has 8 heteroatoms. The highest BCUT2D eigenvalue weighted by Crippen LogP contribution is 2.24. The van der Waals surface area contributed by atoms with Crippen LogP contribution in [0.5, 0.6) is 0 Å². The molecule has 0 fully saturated rings. The van der Waals surface area contributed by atoms with Gasteiger partial charge < -0.3 is 14.2 Å². The number of methoxy groups -OCH3 is 1. The maximum absolute atomic E-state index is 13.8. The number of ether oxygens (including phenoxy) is 1. The quantitative estimate of drug-likeness (QED) is 0.382. The van der Waals surface area contributed by atoms with Crippen LogP contribution in [-0.2, 0) is 17.8 Å². The van der Waals surface area contributed by atoms with Crippen LogP contribution in [0, 0.1) is 19.7 Å². The van der Waals surface area contributed by atoms with Crippen LogP contribution < -0.4 is 0 Å². The second-order valence-corrected chi connectivity index (χ2v) is 7.62. The molecule has 0 atom stereocenters. The molecule has 0 unspecified atom stereocenters. The van der Waals surface area contributed by atoms with Crippen molar-refractivity contribution in [3.8, 4) is 0 Å². The Morgan fingerprint density at radius 1 is 1.12 bits per heavy atom. The number of carbonyl (C=O) groups excluding carboxylic acids is 3. The van der Waals surface area contributed by atoms with Crippen LogP contribution in [0.15, 0.2) is 48.8 Å². The first-order chi connectivity index (χ1) is 15.8. The number of pyridine rings is 1. The van der Waals surface area contributed by atoms with Crippen molar-refractivity contribution in [1.29, 1.82) is 0 Å². The topological polar surface area (TPSA) is 81.5 Å². The van der Waals surface area contributed by atoms with Crippen LogP contribution >= 0.6 is 0 Å². The molecule has 0 saturated heterocycles. The summed E-state index contributed by atoms with van der Waals surface area (Å²) in [5.41, 5.74) is 2.75. The smallest absolute Gasteiger partial charge is 0.354 e. The lowest BCUT2D eigenvalue weighted by Crippen LogP contribution is -2.35. The number of rotatable bonds is 8. The number of aromatic nitrogens is 2. The molecule has 3 rings (SSSR count). The van der Waals surface area contributed by atoms with Gasteiger partial charge in [0.1, 0.15) is 11.5 Å². The minimum absolute atomic E-state index is 0.139. The number of amides is 1. The lowest BCUT2D eigenvalue weighted by atomic mass is 10.0. The van der Waals surface area contributed by atoms with E-state index in [9.17, 15) is 18.8 Å². The Kier molecular flexibility index (Phi) is 7.37. The molecule has 172 valence electrons. The van der Waals surface area contributed by atoms with Crippen LogP contribution in [0.4, 0.5) is 4.39 Å². The van der Waals surface area contributed by atoms with Crippen LogP contribution in [0.25, 0.3) is 0 Å².